The summed E-state index contributed by atoms with van der Waals surface area (Å²) in [5.41, 5.74) is 9.99. The average Bonchev–Trinajstić information content (AvgIpc) is 2.25. The van der Waals surface area contributed by atoms with Crippen LogP contribution in [0, 0.1) is 0 Å². The topological polar surface area (TPSA) is 110 Å². The molecule has 7 heteroatoms. The largest absolute Gasteiger partial charge is 0.370 e. The van der Waals surface area contributed by atoms with Gasteiger partial charge in [0.15, 0.2) is 0 Å². The molecule has 6 N–H and O–H groups in total. The summed E-state index contributed by atoms with van der Waals surface area (Å²) in [6, 6.07) is 0. The maximum Gasteiger partial charge on any atom is 0.218 e. The van der Waals surface area contributed by atoms with E-state index in [2.05, 4.69) is 10.6 Å². The van der Waals surface area contributed by atoms with E-state index in [1.165, 1.54) is 0 Å². The van der Waals surface area contributed by atoms with Gasteiger partial charge >= 0.3 is 0 Å². The molecular formula is C10H22N4O2S. The fraction of sp³-hybridized carbons (Fsp3) is 0.800. The number of nitrogens with one attached hydrogen (secondary N) is 2. The lowest BCUT2D eigenvalue weighted by Crippen LogP contribution is -2.25. The molecular weight excluding hydrogens is 240 g/mol. The molecule has 0 saturated carbocycles. The van der Waals surface area contributed by atoms with E-state index in [0.717, 1.165) is 24.6 Å². The number of hydrogen-bond donors (Lipinski definition) is 4. The highest BCUT2D eigenvalue weighted by Crippen LogP contribution is 1.95. The third-order valence-corrected chi connectivity index (χ3v) is 2.93. The molecule has 0 rings (SSSR count). The van der Waals surface area contributed by atoms with Crippen molar-refractivity contribution in [2.45, 2.75) is 12.8 Å². The van der Waals surface area contributed by atoms with Gasteiger partial charge in [0.25, 0.3) is 0 Å². The second kappa shape index (κ2) is 11.7. The molecule has 0 aliphatic heterocycles. The van der Waals surface area contributed by atoms with Gasteiger partial charge in [0.2, 0.25) is 11.8 Å². The van der Waals surface area contributed by atoms with Crippen LogP contribution >= 0.6 is 11.8 Å². The van der Waals surface area contributed by atoms with Crippen LogP contribution in [0.3, 0.4) is 0 Å². The molecule has 100 valence electrons. The average molecular weight is 262 g/mol. The first-order valence-electron chi connectivity index (χ1n) is 5.68. The van der Waals surface area contributed by atoms with Gasteiger partial charge < -0.3 is 22.1 Å². The third kappa shape index (κ3) is 15.2. The van der Waals surface area contributed by atoms with Crippen molar-refractivity contribution < 1.29 is 9.59 Å². The molecule has 0 aromatic rings. The zero-order chi connectivity index (χ0) is 12.9. The van der Waals surface area contributed by atoms with Gasteiger partial charge in [0.1, 0.15) is 0 Å². The standard InChI is InChI=1S/C10H22N4O2S/c11-9(15)1-3-13-5-7-17-8-6-14-4-2-10(12)16/h13-14H,1-8H2,(H2,11,15)(H2,12,16). The Hall–Kier alpha value is -0.790. The van der Waals surface area contributed by atoms with Gasteiger partial charge in [-0.1, -0.05) is 0 Å². The van der Waals surface area contributed by atoms with E-state index >= 15 is 0 Å². The van der Waals surface area contributed by atoms with Crippen molar-refractivity contribution >= 4 is 23.6 Å². The number of amides is 2. The monoisotopic (exact) mass is 262 g/mol. The molecule has 2 amide bonds. The molecule has 0 aromatic heterocycles. The van der Waals surface area contributed by atoms with Crippen LogP contribution in [0.4, 0.5) is 0 Å². The Morgan fingerprint density at radius 1 is 0.824 bits per heavy atom. The predicted molar refractivity (Wildman–Crippen MR) is 70.7 cm³/mol. The summed E-state index contributed by atoms with van der Waals surface area (Å²) < 4.78 is 0. The van der Waals surface area contributed by atoms with Crippen LogP contribution in [0.1, 0.15) is 12.8 Å². The lowest BCUT2D eigenvalue weighted by molar-refractivity contribution is -0.118. The van der Waals surface area contributed by atoms with Crippen LogP contribution in [-0.2, 0) is 9.59 Å². The second-order valence-corrected chi connectivity index (χ2v) is 4.77. The Kier molecular flexibility index (Phi) is 11.1. The molecule has 0 fully saturated rings. The lowest BCUT2D eigenvalue weighted by Gasteiger charge is -2.04. The molecule has 17 heavy (non-hydrogen) atoms. The molecule has 0 atom stereocenters. The highest BCUT2D eigenvalue weighted by atomic mass is 32.2. The van der Waals surface area contributed by atoms with Crippen LogP contribution in [0.25, 0.3) is 0 Å². The summed E-state index contributed by atoms with van der Waals surface area (Å²) in [5.74, 6) is 1.44. The van der Waals surface area contributed by atoms with Gasteiger partial charge in [-0.2, -0.15) is 11.8 Å². The van der Waals surface area contributed by atoms with E-state index in [9.17, 15) is 9.59 Å². The Morgan fingerprint density at radius 2 is 1.24 bits per heavy atom. The summed E-state index contributed by atoms with van der Waals surface area (Å²) >= 11 is 1.81. The van der Waals surface area contributed by atoms with E-state index in [1.807, 2.05) is 11.8 Å². The first kappa shape index (κ1) is 16.2. The van der Waals surface area contributed by atoms with Gasteiger partial charge in [-0.25, -0.2) is 0 Å². The highest BCUT2D eigenvalue weighted by Gasteiger charge is 1.95. The van der Waals surface area contributed by atoms with Crippen molar-refractivity contribution in [2.75, 3.05) is 37.7 Å². The molecule has 0 radical (unpaired) electrons. The van der Waals surface area contributed by atoms with Gasteiger partial charge in [0, 0.05) is 50.5 Å². The van der Waals surface area contributed by atoms with E-state index in [-0.39, 0.29) is 11.8 Å². The number of nitrogens with two attached hydrogens (primary N) is 2. The third-order valence-electron chi connectivity index (χ3n) is 1.94. The zero-order valence-electron chi connectivity index (χ0n) is 10.0. The molecule has 0 saturated heterocycles. The van der Waals surface area contributed by atoms with Crippen LogP contribution in [-0.4, -0.2) is 49.5 Å². The Balaban J connectivity index is 2.98. The summed E-state index contributed by atoms with van der Waals surface area (Å²) in [6.45, 7) is 3.04. The van der Waals surface area contributed by atoms with Crippen LogP contribution in [0.5, 0.6) is 0 Å². The number of carbonyl (C=O) groups excluding carboxylic acids is 2. The second-order valence-electron chi connectivity index (χ2n) is 3.54. The van der Waals surface area contributed by atoms with Crippen LogP contribution < -0.4 is 22.1 Å². The Bertz CT molecular complexity index is 204. The number of thioether (sulfide) groups is 1. The first-order valence-corrected chi connectivity index (χ1v) is 6.84. The number of primary amides is 2. The highest BCUT2D eigenvalue weighted by molar-refractivity contribution is 7.99. The molecule has 0 spiro atoms. The zero-order valence-corrected chi connectivity index (χ0v) is 10.9. The van der Waals surface area contributed by atoms with Gasteiger partial charge in [-0.3, -0.25) is 9.59 Å². The van der Waals surface area contributed by atoms with Gasteiger partial charge in [0.05, 0.1) is 0 Å². The van der Waals surface area contributed by atoms with E-state index in [0.29, 0.717) is 25.9 Å². The molecule has 0 unspecified atom stereocenters. The maximum atomic E-state index is 10.4. The quantitative estimate of drug-likeness (QED) is 0.325. The van der Waals surface area contributed by atoms with Crippen molar-refractivity contribution in [3.8, 4) is 0 Å². The summed E-state index contributed by atoms with van der Waals surface area (Å²) in [6.07, 6.45) is 0.776. The molecule has 0 heterocycles. The van der Waals surface area contributed by atoms with Gasteiger partial charge in [-0.05, 0) is 0 Å². The Morgan fingerprint density at radius 3 is 1.59 bits per heavy atom. The minimum absolute atomic E-state index is 0.274. The van der Waals surface area contributed by atoms with Crippen molar-refractivity contribution in [3.05, 3.63) is 0 Å². The first-order chi connectivity index (χ1) is 8.13. The molecule has 6 nitrogen and oxygen atoms in total. The molecule has 0 bridgehead atoms. The SMILES string of the molecule is NC(=O)CCNCCSCCNCCC(N)=O. The predicted octanol–water partition coefficient (Wildman–Crippen LogP) is -1.35. The van der Waals surface area contributed by atoms with Crippen molar-refractivity contribution in [3.63, 3.8) is 0 Å². The minimum Gasteiger partial charge on any atom is -0.370 e. The van der Waals surface area contributed by atoms with Crippen LogP contribution in [0.15, 0.2) is 0 Å². The molecule has 0 aliphatic carbocycles. The minimum atomic E-state index is -0.274. The number of rotatable bonds is 12. The summed E-state index contributed by atoms with van der Waals surface area (Å²) in [7, 11) is 0. The van der Waals surface area contributed by atoms with E-state index in [4.69, 9.17) is 11.5 Å². The Labute approximate surface area is 106 Å². The van der Waals surface area contributed by atoms with E-state index < -0.39 is 0 Å². The molecule has 0 aromatic carbocycles. The summed E-state index contributed by atoms with van der Waals surface area (Å²) in [5, 5.41) is 6.26. The van der Waals surface area contributed by atoms with Crippen molar-refractivity contribution in [1.29, 1.82) is 0 Å². The number of hydrogen-bond acceptors (Lipinski definition) is 5. The summed E-state index contributed by atoms with van der Waals surface area (Å²) in [4.78, 5) is 20.8. The van der Waals surface area contributed by atoms with Crippen molar-refractivity contribution in [1.82, 2.24) is 10.6 Å². The van der Waals surface area contributed by atoms with Crippen LogP contribution in [0.2, 0.25) is 0 Å². The maximum absolute atomic E-state index is 10.4. The van der Waals surface area contributed by atoms with E-state index in [1.54, 1.807) is 0 Å². The smallest absolute Gasteiger partial charge is 0.218 e. The van der Waals surface area contributed by atoms with Crippen molar-refractivity contribution in [2.24, 2.45) is 11.5 Å². The normalized spacial score (nSPS) is 10.4. The molecule has 0 aliphatic rings. The number of carbonyl (C=O) groups is 2. The fourth-order valence-electron chi connectivity index (χ4n) is 1.06. The fourth-order valence-corrected chi connectivity index (χ4v) is 1.85. The lowest BCUT2D eigenvalue weighted by atomic mass is 10.4. The van der Waals surface area contributed by atoms with Gasteiger partial charge in [-0.15, -0.1) is 0 Å².